The van der Waals surface area contributed by atoms with Gasteiger partial charge >= 0.3 is 5.97 Å². The number of unbranched alkanes of at least 4 members (excludes halogenated alkanes) is 4. The molecule has 2 heteroatoms. The van der Waals surface area contributed by atoms with Crippen LogP contribution in [-0.4, -0.2) is 5.97 Å². The van der Waals surface area contributed by atoms with Crippen LogP contribution >= 0.6 is 0 Å². The molecule has 0 spiro atoms. The van der Waals surface area contributed by atoms with Crippen LogP contribution in [0.1, 0.15) is 69.8 Å². The number of rotatable bonds is 11. The van der Waals surface area contributed by atoms with Crippen molar-refractivity contribution in [1.82, 2.24) is 0 Å². The number of carbonyl (C=O) groups is 1. The Morgan fingerprint density at radius 1 is 0.962 bits per heavy atom. The molecule has 0 heterocycles. The number of hydrogen-bond donors (Lipinski definition) is 0. The minimum Gasteiger partial charge on any atom is -0.426 e. The normalized spacial score (nSPS) is 19.7. The zero-order valence-corrected chi connectivity index (χ0v) is 16.1. The van der Waals surface area contributed by atoms with Crippen LogP contribution in [0.15, 0.2) is 49.6 Å². The van der Waals surface area contributed by atoms with Crippen molar-refractivity contribution in [2.75, 3.05) is 0 Å². The Labute approximate surface area is 159 Å². The second-order valence-corrected chi connectivity index (χ2v) is 7.56. The van der Waals surface area contributed by atoms with E-state index in [1.54, 1.807) is 0 Å². The van der Waals surface area contributed by atoms with E-state index >= 15 is 0 Å². The summed E-state index contributed by atoms with van der Waals surface area (Å²) in [6.45, 7) is 7.51. The van der Waals surface area contributed by atoms with E-state index < -0.39 is 0 Å². The molecule has 0 radical (unpaired) electrons. The SMILES string of the molecule is C=CCCCCCCC1CCC(C(=O)Oc2ccc(CC=C)cc2)CC1. The highest BCUT2D eigenvalue weighted by molar-refractivity contribution is 5.75. The van der Waals surface area contributed by atoms with Crippen LogP contribution < -0.4 is 4.74 Å². The van der Waals surface area contributed by atoms with Gasteiger partial charge in [0.05, 0.1) is 5.92 Å². The van der Waals surface area contributed by atoms with Gasteiger partial charge in [-0.05, 0) is 68.6 Å². The number of allylic oxidation sites excluding steroid dienone is 2. The monoisotopic (exact) mass is 354 g/mol. The number of hydrogen-bond acceptors (Lipinski definition) is 2. The standard InChI is InChI=1S/C24H34O2/c1-3-5-6-7-8-9-11-21-12-16-22(17-13-21)24(25)26-23-18-14-20(10-4-2)15-19-23/h3-4,14-15,18-19,21-22H,1-2,5-13,16-17H2. The fourth-order valence-electron chi connectivity index (χ4n) is 3.82. The molecule has 0 bridgehead atoms. The molecule has 0 amide bonds. The molecular weight excluding hydrogens is 320 g/mol. The fraction of sp³-hybridized carbons (Fsp3) is 0.542. The lowest BCUT2D eigenvalue weighted by Crippen LogP contribution is -2.25. The van der Waals surface area contributed by atoms with E-state index in [4.69, 9.17) is 4.74 Å². The maximum absolute atomic E-state index is 12.4. The smallest absolute Gasteiger partial charge is 0.314 e. The third-order valence-corrected chi connectivity index (χ3v) is 5.47. The van der Waals surface area contributed by atoms with E-state index in [0.29, 0.717) is 5.75 Å². The van der Waals surface area contributed by atoms with E-state index in [9.17, 15) is 4.79 Å². The van der Waals surface area contributed by atoms with E-state index in [2.05, 4.69) is 13.2 Å². The highest BCUT2D eigenvalue weighted by Gasteiger charge is 2.27. The Kier molecular flexibility index (Phi) is 9.23. The molecular formula is C24H34O2. The van der Waals surface area contributed by atoms with Crippen LogP contribution in [0.2, 0.25) is 0 Å². The minimum absolute atomic E-state index is 0.0515. The predicted octanol–water partition coefficient (Wildman–Crippen LogP) is 6.65. The first-order valence-corrected chi connectivity index (χ1v) is 10.3. The maximum atomic E-state index is 12.4. The van der Waals surface area contributed by atoms with Gasteiger partial charge in [0.15, 0.2) is 0 Å². The summed E-state index contributed by atoms with van der Waals surface area (Å²) < 4.78 is 5.59. The summed E-state index contributed by atoms with van der Waals surface area (Å²) in [6.07, 6.45) is 16.7. The molecule has 0 N–H and O–H groups in total. The molecule has 142 valence electrons. The van der Waals surface area contributed by atoms with Gasteiger partial charge < -0.3 is 4.74 Å². The molecule has 1 aromatic carbocycles. The summed E-state index contributed by atoms with van der Waals surface area (Å²) in [5, 5.41) is 0. The summed E-state index contributed by atoms with van der Waals surface area (Å²) in [4.78, 5) is 12.4. The van der Waals surface area contributed by atoms with Crippen molar-refractivity contribution in [2.24, 2.45) is 11.8 Å². The molecule has 2 nitrogen and oxygen atoms in total. The highest BCUT2D eigenvalue weighted by atomic mass is 16.5. The molecule has 1 aliphatic carbocycles. The first-order valence-electron chi connectivity index (χ1n) is 10.3. The maximum Gasteiger partial charge on any atom is 0.314 e. The summed E-state index contributed by atoms with van der Waals surface area (Å²) >= 11 is 0. The summed E-state index contributed by atoms with van der Waals surface area (Å²) in [6, 6.07) is 7.76. The van der Waals surface area contributed by atoms with Crippen LogP contribution in [0.25, 0.3) is 0 Å². The molecule has 2 rings (SSSR count). The average molecular weight is 355 g/mol. The lowest BCUT2D eigenvalue weighted by molar-refractivity contribution is -0.140. The van der Waals surface area contributed by atoms with Crippen LogP contribution in [0.4, 0.5) is 0 Å². The third-order valence-electron chi connectivity index (χ3n) is 5.47. The lowest BCUT2D eigenvalue weighted by Gasteiger charge is -2.27. The first-order chi connectivity index (χ1) is 12.7. The molecule has 1 saturated carbocycles. The van der Waals surface area contributed by atoms with Gasteiger partial charge in [-0.15, -0.1) is 13.2 Å². The second-order valence-electron chi connectivity index (χ2n) is 7.56. The van der Waals surface area contributed by atoms with Gasteiger partial charge in [-0.1, -0.05) is 50.0 Å². The van der Waals surface area contributed by atoms with Crippen LogP contribution in [0.5, 0.6) is 5.75 Å². The highest BCUT2D eigenvalue weighted by Crippen LogP contribution is 2.33. The first kappa shape index (κ1) is 20.5. The van der Waals surface area contributed by atoms with Crippen LogP contribution in [-0.2, 0) is 11.2 Å². The average Bonchev–Trinajstić information content (AvgIpc) is 2.67. The molecule has 0 saturated heterocycles. The van der Waals surface area contributed by atoms with E-state index in [0.717, 1.165) is 31.6 Å². The summed E-state index contributed by atoms with van der Waals surface area (Å²) in [5.74, 6) is 1.48. The quantitative estimate of drug-likeness (QED) is 0.192. The molecule has 1 aromatic rings. The number of ether oxygens (including phenoxy) is 1. The van der Waals surface area contributed by atoms with E-state index in [1.807, 2.05) is 36.4 Å². The van der Waals surface area contributed by atoms with Gasteiger partial charge in [0.1, 0.15) is 5.75 Å². The van der Waals surface area contributed by atoms with Crippen molar-refractivity contribution in [3.63, 3.8) is 0 Å². The summed E-state index contributed by atoms with van der Waals surface area (Å²) in [7, 11) is 0. The van der Waals surface area contributed by atoms with E-state index in [-0.39, 0.29) is 11.9 Å². The molecule has 26 heavy (non-hydrogen) atoms. The predicted molar refractivity (Wildman–Crippen MR) is 109 cm³/mol. The fourth-order valence-corrected chi connectivity index (χ4v) is 3.82. The lowest BCUT2D eigenvalue weighted by atomic mass is 9.80. The molecule has 0 aromatic heterocycles. The van der Waals surface area contributed by atoms with Crippen molar-refractivity contribution in [3.8, 4) is 5.75 Å². The third kappa shape index (κ3) is 7.19. The number of esters is 1. The van der Waals surface area contributed by atoms with Gasteiger partial charge in [-0.3, -0.25) is 4.79 Å². The topological polar surface area (TPSA) is 26.3 Å². The zero-order valence-electron chi connectivity index (χ0n) is 16.1. The Balaban J connectivity index is 1.64. The van der Waals surface area contributed by atoms with Gasteiger partial charge in [0, 0.05) is 0 Å². The molecule has 0 atom stereocenters. The largest absolute Gasteiger partial charge is 0.426 e. The minimum atomic E-state index is -0.0515. The van der Waals surface area contributed by atoms with Gasteiger partial charge in [0.2, 0.25) is 0 Å². The Hall–Kier alpha value is -1.83. The van der Waals surface area contributed by atoms with Crippen LogP contribution in [0.3, 0.4) is 0 Å². The van der Waals surface area contributed by atoms with Crippen molar-refractivity contribution in [1.29, 1.82) is 0 Å². The number of carbonyl (C=O) groups excluding carboxylic acids is 1. The van der Waals surface area contributed by atoms with Crippen molar-refractivity contribution in [3.05, 3.63) is 55.1 Å². The molecule has 0 unspecified atom stereocenters. The Morgan fingerprint density at radius 3 is 2.31 bits per heavy atom. The zero-order chi connectivity index (χ0) is 18.6. The number of benzene rings is 1. The van der Waals surface area contributed by atoms with Gasteiger partial charge in [-0.25, -0.2) is 0 Å². The van der Waals surface area contributed by atoms with Crippen LogP contribution in [0, 0.1) is 11.8 Å². The molecule has 1 aliphatic rings. The Morgan fingerprint density at radius 2 is 1.65 bits per heavy atom. The summed E-state index contributed by atoms with van der Waals surface area (Å²) in [5.41, 5.74) is 1.18. The van der Waals surface area contributed by atoms with Crippen molar-refractivity contribution in [2.45, 2.75) is 70.6 Å². The van der Waals surface area contributed by atoms with Gasteiger partial charge in [0.25, 0.3) is 0 Å². The molecule has 1 fully saturated rings. The molecule has 0 aliphatic heterocycles. The second kappa shape index (κ2) is 11.7. The van der Waals surface area contributed by atoms with Crippen molar-refractivity contribution < 1.29 is 9.53 Å². The van der Waals surface area contributed by atoms with Crippen molar-refractivity contribution >= 4 is 5.97 Å². The van der Waals surface area contributed by atoms with E-state index in [1.165, 1.54) is 50.5 Å². The van der Waals surface area contributed by atoms with Gasteiger partial charge in [-0.2, -0.15) is 0 Å². The Bertz CT molecular complexity index is 550.